The van der Waals surface area contributed by atoms with Gasteiger partial charge in [-0.05, 0) is 12.5 Å². The molecule has 0 saturated carbocycles. The zero-order chi connectivity index (χ0) is 15.3. The first kappa shape index (κ1) is 15.6. The summed E-state index contributed by atoms with van der Waals surface area (Å²) >= 11 is 1.51. The molecule has 0 amide bonds. The highest BCUT2D eigenvalue weighted by molar-refractivity contribution is 7.11. The molecule has 0 aliphatic rings. The minimum Gasteiger partial charge on any atom is -0.468 e. The average molecular weight is 318 g/mol. The molecule has 21 heavy (non-hydrogen) atoms. The van der Waals surface area contributed by atoms with E-state index in [1.807, 2.05) is 6.92 Å². The van der Waals surface area contributed by atoms with Crippen LogP contribution in [0.4, 0.5) is 13.2 Å². The Labute approximate surface area is 123 Å². The minimum absolute atomic E-state index is 0.0455. The number of aryl methyl sites for hydroxylation is 1. The van der Waals surface area contributed by atoms with Gasteiger partial charge in [-0.25, -0.2) is 4.98 Å². The quantitative estimate of drug-likeness (QED) is 0.886. The van der Waals surface area contributed by atoms with E-state index in [1.165, 1.54) is 23.6 Å². The third-order valence-electron chi connectivity index (χ3n) is 2.35. The second-order valence-corrected chi connectivity index (χ2v) is 5.49. The van der Waals surface area contributed by atoms with Crippen LogP contribution >= 0.6 is 11.3 Å². The monoisotopic (exact) mass is 318 g/mol. The molecule has 0 unspecified atom stereocenters. The number of nitrogens with zero attached hydrogens (tertiary/aromatic N) is 3. The Morgan fingerprint density at radius 3 is 2.62 bits per heavy atom. The maximum atomic E-state index is 12.0. The van der Waals surface area contributed by atoms with Crippen LogP contribution in [-0.4, -0.2) is 28.0 Å². The van der Waals surface area contributed by atoms with Crippen LogP contribution in [0.15, 0.2) is 18.3 Å². The van der Waals surface area contributed by atoms with Crippen molar-refractivity contribution in [3.63, 3.8) is 0 Å². The fourth-order valence-electron chi connectivity index (χ4n) is 1.48. The number of pyridine rings is 1. The van der Waals surface area contributed by atoms with Crippen molar-refractivity contribution in [3.8, 4) is 5.88 Å². The van der Waals surface area contributed by atoms with Crippen LogP contribution in [0, 0.1) is 6.92 Å². The lowest BCUT2D eigenvalue weighted by Crippen LogP contribution is -2.19. The summed E-state index contributed by atoms with van der Waals surface area (Å²) in [4.78, 5) is 3.82. The third kappa shape index (κ3) is 5.64. The molecule has 2 rings (SSSR count). The van der Waals surface area contributed by atoms with Crippen LogP contribution in [0.25, 0.3) is 0 Å². The molecule has 0 radical (unpaired) electrons. The lowest BCUT2D eigenvalue weighted by molar-refractivity contribution is -0.154. The molecule has 2 aromatic heterocycles. The summed E-state index contributed by atoms with van der Waals surface area (Å²) in [6, 6.07) is 3.08. The van der Waals surface area contributed by atoms with Crippen LogP contribution in [0.5, 0.6) is 5.88 Å². The van der Waals surface area contributed by atoms with Crippen molar-refractivity contribution >= 4 is 11.3 Å². The maximum absolute atomic E-state index is 12.0. The van der Waals surface area contributed by atoms with E-state index in [1.54, 1.807) is 6.07 Å². The second kappa shape index (κ2) is 6.81. The number of hydrogen-bond donors (Lipinski definition) is 1. The van der Waals surface area contributed by atoms with Gasteiger partial charge in [-0.3, -0.25) is 0 Å². The van der Waals surface area contributed by atoms with E-state index in [-0.39, 0.29) is 5.88 Å². The third-order valence-corrected chi connectivity index (χ3v) is 3.19. The second-order valence-electron chi connectivity index (χ2n) is 4.23. The van der Waals surface area contributed by atoms with Gasteiger partial charge >= 0.3 is 6.18 Å². The number of hydrogen-bond acceptors (Lipinski definition) is 6. The Bertz CT molecular complexity index is 571. The summed E-state index contributed by atoms with van der Waals surface area (Å²) < 4.78 is 40.5. The summed E-state index contributed by atoms with van der Waals surface area (Å²) in [5, 5.41) is 12.8. The molecule has 0 bridgehead atoms. The number of ether oxygens (including phenoxy) is 1. The van der Waals surface area contributed by atoms with Crippen LogP contribution in [0.3, 0.4) is 0 Å². The average Bonchev–Trinajstić information content (AvgIpc) is 2.83. The van der Waals surface area contributed by atoms with Gasteiger partial charge < -0.3 is 10.1 Å². The van der Waals surface area contributed by atoms with Gasteiger partial charge in [0.2, 0.25) is 5.88 Å². The van der Waals surface area contributed by atoms with E-state index in [9.17, 15) is 13.2 Å². The molecule has 0 atom stereocenters. The first-order chi connectivity index (χ1) is 9.92. The van der Waals surface area contributed by atoms with E-state index in [0.29, 0.717) is 13.1 Å². The molecule has 0 aromatic carbocycles. The summed E-state index contributed by atoms with van der Waals surface area (Å²) in [6.45, 7) is 1.65. The molecule has 0 aliphatic heterocycles. The number of nitrogens with one attached hydrogen (secondary N) is 1. The van der Waals surface area contributed by atoms with Gasteiger partial charge in [0.05, 0.1) is 0 Å². The van der Waals surface area contributed by atoms with Gasteiger partial charge in [0, 0.05) is 25.4 Å². The molecule has 0 spiro atoms. The SMILES string of the molecule is Cc1nnc(CNCc2ccc(OCC(F)(F)F)nc2)s1. The van der Waals surface area contributed by atoms with Gasteiger partial charge in [-0.1, -0.05) is 6.07 Å². The minimum atomic E-state index is -4.36. The van der Waals surface area contributed by atoms with Crippen molar-refractivity contribution in [2.45, 2.75) is 26.2 Å². The molecule has 9 heteroatoms. The Morgan fingerprint density at radius 2 is 2.05 bits per heavy atom. The highest BCUT2D eigenvalue weighted by atomic mass is 32.1. The Kier molecular flexibility index (Phi) is 5.07. The standard InChI is InChI=1S/C12H13F3N4OS/c1-8-18-19-11(21-8)6-16-4-9-2-3-10(17-5-9)20-7-12(13,14)15/h2-3,5,16H,4,6-7H2,1H3. The number of halogens is 3. The number of rotatable bonds is 6. The largest absolute Gasteiger partial charge is 0.468 e. The number of aromatic nitrogens is 3. The van der Waals surface area contributed by atoms with Gasteiger partial charge in [-0.2, -0.15) is 13.2 Å². The van der Waals surface area contributed by atoms with Crippen molar-refractivity contribution in [2.24, 2.45) is 0 Å². The van der Waals surface area contributed by atoms with Crippen LogP contribution in [-0.2, 0) is 13.1 Å². The molecular weight excluding hydrogens is 305 g/mol. The van der Waals surface area contributed by atoms with Crippen LogP contribution in [0.1, 0.15) is 15.6 Å². The Morgan fingerprint density at radius 1 is 1.24 bits per heavy atom. The fourth-order valence-corrected chi connectivity index (χ4v) is 2.16. The molecule has 0 fully saturated rings. The smallest absolute Gasteiger partial charge is 0.422 e. The molecule has 0 saturated heterocycles. The van der Waals surface area contributed by atoms with Gasteiger partial charge in [0.15, 0.2) is 6.61 Å². The van der Waals surface area contributed by atoms with E-state index in [0.717, 1.165) is 15.6 Å². The van der Waals surface area contributed by atoms with Crippen LogP contribution < -0.4 is 10.1 Å². The van der Waals surface area contributed by atoms with Crippen LogP contribution in [0.2, 0.25) is 0 Å². The van der Waals surface area contributed by atoms with Gasteiger partial charge in [0.25, 0.3) is 0 Å². The molecule has 1 N–H and O–H groups in total. The van der Waals surface area contributed by atoms with E-state index >= 15 is 0 Å². The summed E-state index contributed by atoms with van der Waals surface area (Å²) in [5.41, 5.74) is 0.843. The zero-order valence-electron chi connectivity index (χ0n) is 11.1. The van der Waals surface area contributed by atoms with E-state index in [4.69, 9.17) is 0 Å². The summed E-state index contributed by atoms with van der Waals surface area (Å²) in [5.74, 6) is -0.0455. The molecule has 0 aliphatic carbocycles. The Hall–Kier alpha value is -1.74. The maximum Gasteiger partial charge on any atom is 0.422 e. The van der Waals surface area contributed by atoms with Crippen molar-refractivity contribution in [1.29, 1.82) is 0 Å². The molecule has 114 valence electrons. The van der Waals surface area contributed by atoms with E-state index in [2.05, 4.69) is 25.2 Å². The lowest BCUT2D eigenvalue weighted by Gasteiger charge is -2.08. The van der Waals surface area contributed by atoms with Crippen molar-refractivity contribution < 1.29 is 17.9 Å². The molecule has 2 heterocycles. The van der Waals surface area contributed by atoms with Gasteiger partial charge in [-0.15, -0.1) is 21.5 Å². The zero-order valence-corrected chi connectivity index (χ0v) is 12.0. The number of alkyl halides is 3. The van der Waals surface area contributed by atoms with Crippen molar-refractivity contribution in [3.05, 3.63) is 33.9 Å². The Balaban J connectivity index is 1.77. The highest BCUT2D eigenvalue weighted by Gasteiger charge is 2.28. The highest BCUT2D eigenvalue weighted by Crippen LogP contribution is 2.17. The lowest BCUT2D eigenvalue weighted by atomic mass is 10.3. The predicted molar refractivity (Wildman–Crippen MR) is 71.0 cm³/mol. The molecule has 2 aromatic rings. The van der Waals surface area contributed by atoms with Crippen molar-refractivity contribution in [2.75, 3.05) is 6.61 Å². The first-order valence-electron chi connectivity index (χ1n) is 6.06. The first-order valence-corrected chi connectivity index (χ1v) is 6.88. The molecule has 5 nitrogen and oxygen atoms in total. The topological polar surface area (TPSA) is 59.9 Å². The fraction of sp³-hybridized carbons (Fsp3) is 0.417. The van der Waals surface area contributed by atoms with Crippen molar-refractivity contribution in [1.82, 2.24) is 20.5 Å². The van der Waals surface area contributed by atoms with Gasteiger partial charge in [0.1, 0.15) is 10.0 Å². The summed E-state index contributed by atoms with van der Waals surface area (Å²) in [6.07, 6.45) is -2.88. The predicted octanol–water partition coefficient (Wildman–Crippen LogP) is 2.47. The summed E-state index contributed by atoms with van der Waals surface area (Å²) in [7, 11) is 0. The van der Waals surface area contributed by atoms with E-state index < -0.39 is 12.8 Å². The normalized spacial score (nSPS) is 11.6. The molecular formula is C12H13F3N4OS.